The molecule has 1 fully saturated rings. The molecule has 2 rings (SSSR count). The van der Waals surface area contributed by atoms with Gasteiger partial charge in [0.1, 0.15) is 12.2 Å². The van der Waals surface area contributed by atoms with Crippen molar-refractivity contribution in [3.8, 4) is 0 Å². The lowest BCUT2D eigenvalue weighted by Gasteiger charge is -2.13. The van der Waals surface area contributed by atoms with Crippen LogP contribution in [-0.2, 0) is 19.2 Å². The van der Waals surface area contributed by atoms with E-state index in [9.17, 15) is 24.5 Å². The van der Waals surface area contributed by atoms with Crippen LogP contribution in [0.25, 0.3) is 10.4 Å². The summed E-state index contributed by atoms with van der Waals surface area (Å²) in [6.07, 6.45) is -0.0717. The summed E-state index contributed by atoms with van der Waals surface area (Å²) in [7, 11) is 0. The Kier molecular flexibility index (Phi) is 4.92. The number of carbonyl (C=O) groups is 3. The molecule has 1 aromatic carbocycles. The van der Waals surface area contributed by atoms with E-state index in [4.69, 9.17) is 5.53 Å². The van der Waals surface area contributed by atoms with Crippen molar-refractivity contribution in [2.24, 2.45) is 5.11 Å². The summed E-state index contributed by atoms with van der Waals surface area (Å²) in [6.45, 7) is -0.515. The van der Waals surface area contributed by atoms with Gasteiger partial charge in [0.2, 0.25) is 0 Å². The van der Waals surface area contributed by atoms with Crippen molar-refractivity contribution < 1.29 is 24.1 Å². The van der Waals surface area contributed by atoms with Gasteiger partial charge in [-0.3, -0.25) is 19.7 Å². The molecule has 24 heavy (non-hydrogen) atoms. The lowest BCUT2D eigenvalue weighted by molar-refractivity contribution is -0.383. The van der Waals surface area contributed by atoms with Gasteiger partial charge in [-0.15, -0.1) is 5.06 Å². The van der Waals surface area contributed by atoms with Gasteiger partial charge in [0.25, 0.3) is 17.5 Å². The molecule has 0 aromatic heterocycles. The van der Waals surface area contributed by atoms with Crippen molar-refractivity contribution >= 4 is 34.8 Å². The highest BCUT2D eigenvalue weighted by molar-refractivity contribution is 6.01. The predicted molar refractivity (Wildman–Crippen MR) is 77.6 cm³/mol. The molecule has 1 aliphatic rings. The average molecular weight is 334 g/mol. The van der Waals surface area contributed by atoms with Crippen LogP contribution >= 0.6 is 0 Å². The summed E-state index contributed by atoms with van der Waals surface area (Å²) >= 11 is 0. The van der Waals surface area contributed by atoms with Crippen molar-refractivity contribution in [2.75, 3.05) is 11.9 Å². The zero-order valence-corrected chi connectivity index (χ0v) is 12.0. The van der Waals surface area contributed by atoms with Gasteiger partial charge in [0, 0.05) is 29.5 Å². The third kappa shape index (κ3) is 3.75. The van der Waals surface area contributed by atoms with Gasteiger partial charge < -0.3 is 10.2 Å². The molecule has 0 aliphatic carbocycles. The van der Waals surface area contributed by atoms with E-state index in [1.54, 1.807) is 0 Å². The van der Waals surface area contributed by atoms with Crippen molar-refractivity contribution in [3.63, 3.8) is 0 Å². The highest BCUT2D eigenvalue weighted by atomic mass is 16.7. The third-order valence-electron chi connectivity index (χ3n) is 2.96. The maximum atomic E-state index is 11.6. The highest BCUT2D eigenvalue weighted by Crippen LogP contribution is 2.29. The number of nitrogens with one attached hydrogen (secondary N) is 1. The van der Waals surface area contributed by atoms with Gasteiger partial charge in [0.15, 0.2) is 0 Å². The van der Waals surface area contributed by atoms with Crippen LogP contribution in [0, 0.1) is 10.1 Å². The van der Waals surface area contributed by atoms with Crippen LogP contribution in [0.4, 0.5) is 17.1 Å². The fourth-order valence-electron chi connectivity index (χ4n) is 1.89. The van der Waals surface area contributed by atoms with Crippen LogP contribution in [0.3, 0.4) is 0 Å². The Hall–Kier alpha value is -3.66. The molecule has 12 heteroatoms. The van der Waals surface area contributed by atoms with E-state index in [0.29, 0.717) is 5.06 Å². The van der Waals surface area contributed by atoms with E-state index >= 15 is 0 Å². The topological polar surface area (TPSA) is 168 Å². The number of rotatable bonds is 6. The normalized spacial score (nSPS) is 13.4. The molecule has 0 unspecified atom stereocenters. The minimum atomic E-state index is -0.966. The molecular weight excluding hydrogens is 324 g/mol. The minimum Gasteiger partial charge on any atom is -0.369 e. The van der Waals surface area contributed by atoms with Crippen LogP contribution in [0.15, 0.2) is 23.3 Å². The number of hydrogen-bond acceptors (Lipinski definition) is 8. The number of amides is 2. The number of imide groups is 1. The molecule has 1 N–H and O–H groups in total. The zero-order chi connectivity index (χ0) is 17.7. The molecule has 0 bridgehead atoms. The summed E-state index contributed by atoms with van der Waals surface area (Å²) in [5, 5.41) is 17.1. The first kappa shape index (κ1) is 16.7. The Bertz CT molecular complexity index is 755. The number of hydroxylamine groups is 2. The SMILES string of the molecule is [N-]=[N+]=Nc1ccc(NCC(=O)ON2C(=O)CCC2=O)c([N+](=O)[O-])c1. The number of benzene rings is 1. The number of nitrogens with zero attached hydrogens (tertiary/aromatic N) is 5. The molecule has 2 amide bonds. The Labute approximate surface area is 133 Å². The number of hydrogen-bond donors (Lipinski definition) is 1. The second kappa shape index (κ2) is 7.07. The maximum Gasteiger partial charge on any atom is 0.352 e. The largest absolute Gasteiger partial charge is 0.369 e. The van der Waals surface area contributed by atoms with Gasteiger partial charge in [-0.1, -0.05) is 11.2 Å². The summed E-state index contributed by atoms with van der Waals surface area (Å²) < 4.78 is 0. The first-order valence-electron chi connectivity index (χ1n) is 6.56. The Morgan fingerprint density at radius 3 is 2.67 bits per heavy atom. The number of azide groups is 1. The van der Waals surface area contributed by atoms with E-state index in [0.717, 1.165) is 6.07 Å². The Morgan fingerprint density at radius 1 is 1.42 bits per heavy atom. The standard InChI is InChI=1S/C12H10N6O6/c13-16-15-7-1-2-8(9(5-7)18(22)23)14-6-12(21)24-17-10(19)3-4-11(17)20/h1-2,5,14H,3-4,6H2. The maximum absolute atomic E-state index is 11.6. The number of nitro groups is 1. The first-order valence-corrected chi connectivity index (χ1v) is 6.56. The van der Waals surface area contributed by atoms with Crippen molar-refractivity contribution in [1.29, 1.82) is 0 Å². The molecule has 1 heterocycles. The van der Waals surface area contributed by atoms with E-state index in [-0.39, 0.29) is 24.2 Å². The Balaban J connectivity index is 2.04. The molecule has 0 radical (unpaired) electrons. The first-order chi connectivity index (χ1) is 11.4. The van der Waals surface area contributed by atoms with E-state index in [1.807, 2.05) is 0 Å². The monoisotopic (exact) mass is 334 g/mol. The van der Waals surface area contributed by atoms with Crippen LogP contribution in [-0.4, -0.2) is 34.3 Å². The molecular formula is C12H10N6O6. The highest BCUT2D eigenvalue weighted by Gasteiger charge is 2.32. The fraction of sp³-hybridized carbons (Fsp3) is 0.250. The summed E-state index contributed by atoms with van der Waals surface area (Å²) in [6, 6.07) is 3.59. The molecule has 0 saturated carbocycles. The van der Waals surface area contributed by atoms with Gasteiger partial charge >= 0.3 is 5.97 Å². The van der Waals surface area contributed by atoms with E-state index in [2.05, 4.69) is 20.2 Å². The van der Waals surface area contributed by atoms with Gasteiger partial charge in [-0.25, -0.2) is 4.79 Å². The molecule has 1 saturated heterocycles. The molecule has 0 spiro atoms. The number of nitro benzene ring substituents is 1. The Morgan fingerprint density at radius 2 is 2.08 bits per heavy atom. The molecule has 124 valence electrons. The summed E-state index contributed by atoms with van der Waals surface area (Å²) in [4.78, 5) is 51.7. The summed E-state index contributed by atoms with van der Waals surface area (Å²) in [5.74, 6) is -2.22. The van der Waals surface area contributed by atoms with E-state index in [1.165, 1.54) is 12.1 Å². The minimum absolute atomic E-state index is 0.0204. The number of anilines is 1. The second-order valence-electron chi connectivity index (χ2n) is 4.55. The quantitative estimate of drug-likeness (QED) is 0.205. The zero-order valence-electron chi connectivity index (χ0n) is 12.0. The predicted octanol–water partition coefficient (Wildman–Crippen LogP) is 1.56. The third-order valence-corrected chi connectivity index (χ3v) is 2.96. The number of carbonyl (C=O) groups excluding carboxylic acids is 3. The molecule has 1 aliphatic heterocycles. The van der Waals surface area contributed by atoms with Crippen LogP contribution < -0.4 is 5.32 Å². The molecule has 1 aromatic rings. The van der Waals surface area contributed by atoms with Crippen LogP contribution in [0.2, 0.25) is 0 Å². The van der Waals surface area contributed by atoms with E-state index < -0.39 is 34.9 Å². The van der Waals surface area contributed by atoms with Crippen LogP contribution in [0.1, 0.15) is 12.8 Å². The lowest BCUT2D eigenvalue weighted by atomic mass is 10.2. The lowest BCUT2D eigenvalue weighted by Crippen LogP contribution is -2.34. The average Bonchev–Trinajstić information content (AvgIpc) is 2.85. The van der Waals surface area contributed by atoms with Gasteiger partial charge in [-0.2, -0.15) is 0 Å². The second-order valence-corrected chi connectivity index (χ2v) is 4.55. The summed E-state index contributed by atoms with van der Waals surface area (Å²) in [5.41, 5.74) is 7.92. The molecule has 12 nitrogen and oxygen atoms in total. The van der Waals surface area contributed by atoms with Crippen LogP contribution in [0.5, 0.6) is 0 Å². The van der Waals surface area contributed by atoms with Gasteiger partial charge in [-0.05, 0) is 11.6 Å². The molecule has 0 atom stereocenters. The van der Waals surface area contributed by atoms with Crippen molar-refractivity contribution in [3.05, 3.63) is 38.8 Å². The smallest absolute Gasteiger partial charge is 0.352 e. The fourth-order valence-corrected chi connectivity index (χ4v) is 1.89. The van der Waals surface area contributed by atoms with Gasteiger partial charge in [0.05, 0.1) is 4.92 Å². The van der Waals surface area contributed by atoms with Crippen molar-refractivity contribution in [2.45, 2.75) is 12.8 Å². The van der Waals surface area contributed by atoms with Crippen molar-refractivity contribution in [1.82, 2.24) is 5.06 Å².